The second-order valence-corrected chi connectivity index (χ2v) is 6.19. The van der Waals surface area contributed by atoms with E-state index in [1.165, 1.54) is 22.3 Å². The van der Waals surface area contributed by atoms with Gasteiger partial charge in [0, 0.05) is 0 Å². The Labute approximate surface area is 151 Å². The van der Waals surface area contributed by atoms with Gasteiger partial charge in [-0.3, -0.25) is 0 Å². The number of thiophene rings is 1. The third-order valence-electron chi connectivity index (χ3n) is 3.52. The molecule has 130 valence electrons. The maximum absolute atomic E-state index is 12.6. The van der Waals surface area contributed by atoms with Gasteiger partial charge < -0.3 is 9.15 Å². The van der Waals surface area contributed by atoms with E-state index in [2.05, 4.69) is 25.7 Å². The Morgan fingerprint density at radius 1 is 1.23 bits per heavy atom. The van der Waals surface area contributed by atoms with E-state index in [1.807, 2.05) is 17.5 Å². The number of aromatic nitrogens is 6. The molecule has 0 aliphatic carbocycles. The Balaban J connectivity index is 1.54. The van der Waals surface area contributed by atoms with Gasteiger partial charge in [0.15, 0.2) is 6.10 Å². The van der Waals surface area contributed by atoms with Gasteiger partial charge in [-0.1, -0.05) is 18.2 Å². The monoisotopic (exact) mass is 368 g/mol. The molecule has 0 aliphatic rings. The first-order chi connectivity index (χ1) is 12.7. The molecule has 4 aromatic rings. The topological polar surface area (TPSA) is 109 Å². The van der Waals surface area contributed by atoms with Gasteiger partial charge in [-0.25, -0.2) is 4.79 Å². The summed E-state index contributed by atoms with van der Waals surface area (Å²) in [5.74, 6) is 0.0770. The molecule has 0 saturated heterocycles. The molecule has 26 heavy (non-hydrogen) atoms. The van der Waals surface area contributed by atoms with Crippen molar-refractivity contribution in [1.29, 1.82) is 0 Å². The lowest BCUT2D eigenvalue weighted by Gasteiger charge is -2.11. The molecule has 0 fully saturated rings. The number of ether oxygens (including phenoxy) is 1. The average molecular weight is 368 g/mol. The lowest BCUT2D eigenvalue weighted by atomic mass is 10.2. The fourth-order valence-electron chi connectivity index (χ4n) is 2.29. The van der Waals surface area contributed by atoms with E-state index in [0.29, 0.717) is 17.1 Å². The van der Waals surface area contributed by atoms with Gasteiger partial charge in [0.2, 0.25) is 0 Å². The average Bonchev–Trinajstić information content (AvgIpc) is 3.43. The number of nitrogens with zero attached hydrogens (tertiary/aromatic N) is 6. The minimum absolute atomic E-state index is 0.224. The number of carbonyl (C=O) groups is 1. The summed E-state index contributed by atoms with van der Waals surface area (Å²) in [7, 11) is 0. The van der Waals surface area contributed by atoms with E-state index in [9.17, 15) is 4.79 Å². The third kappa shape index (κ3) is 3.09. The molecule has 9 nitrogen and oxygen atoms in total. The van der Waals surface area contributed by atoms with Crippen molar-refractivity contribution in [2.45, 2.75) is 13.0 Å². The maximum atomic E-state index is 12.6. The summed E-state index contributed by atoms with van der Waals surface area (Å²) in [6, 6.07) is 10.6. The Morgan fingerprint density at radius 2 is 2.12 bits per heavy atom. The maximum Gasteiger partial charge on any atom is 0.341 e. The first-order valence-electron chi connectivity index (χ1n) is 7.63. The van der Waals surface area contributed by atoms with Crippen molar-refractivity contribution in [3.63, 3.8) is 0 Å². The highest BCUT2D eigenvalue weighted by atomic mass is 32.1. The first kappa shape index (κ1) is 16.1. The number of hydrogen-bond donors (Lipinski definition) is 0. The highest BCUT2D eigenvalue weighted by Gasteiger charge is 2.22. The molecule has 0 spiro atoms. The lowest BCUT2D eigenvalue weighted by Crippen LogP contribution is -2.13. The normalized spacial score (nSPS) is 12.0. The Hall–Kier alpha value is -3.40. The summed E-state index contributed by atoms with van der Waals surface area (Å²) in [4.78, 5) is 13.4. The van der Waals surface area contributed by atoms with Crippen molar-refractivity contribution < 1.29 is 13.9 Å². The van der Waals surface area contributed by atoms with E-state index >= 15 is 0 Å². The van der Waals surface area contributed by atoms with Crippen LogP contribution in [0.15, 0.2) is 52.5 Å². The molecule has 0 unspecified atom stereocenters. The SMILES string of the molecule is C[C@@H](OC(=O)c1ccccc1-n1cnnn1)c1nnc(-c2cccs2)o1. The number of esters is 1. The van der Waals surface area contributed by atoms with Crippen LogP contribution in [-0.4, -0.2) is 36.4 Å². The molecule has 1 aromatic carbocycles. The first-order valence-corrected chi connectivity index (χ1v) is 8.51. The second kappa shape index (κ2) is 6.84. The van der Waals surface area contributed by atoms with Crippen LogP contribution in [0.25, 0.3) is 16.5 Å². The van der Waals surface area contributed by atoms with Gasteiger partial charge in [0.1, 0.15) is 6.33 Å². The third-order valence-corrected chi connectivity index (χ3v) is 4.38. The quantitative estimate of drug-likeness (QED) is 0.495. The van der Waals surface area contributed by atoms with Crippen molar-refractivity contribution in [2.75, 3.05) is 0 Å². The number of hydrogen-bond acceptors (Lipinski definition) is 9. The largest absolute Gasteiger partial charge is 0.449 e. The van der Waals surface area contributed by atoms with Crippen LogP contribution in [0, 0.1) is 0 Å². The summed E-state index contributed by atoms with van der Waals surface area (Å²) in [6.45, 7) is 1.67. The van der Waals surface area contributed by atoms with Crippen molar-refractivity contribution in [3.05, 3.63) is 59.6 Å². The fourth-order valence-corrected chi connectivity index (χ4v) is 2.94. The second-order valence-electron chi connectivity index (χ2n) is 5.24. The zero-order valence-electron chi connectivity index (χ0n) is 13.5. The van der Waals surface area contributed by atoms with Crippen LogP contribution in [0.1, 0.15) is 29.3 Å². The van der Waals surface area contributed by atoms with Crippen LogP contribution in [0.5, 0.6) is 0 Å². The van der Waals surface area contributed by atoms with E-state index in [-0.39, 0.29) is 5.89 Å². The Morgan fingerprint density at radius 3 is 2.88 bits per heavy atom. The summed E-state index contributed by atoms with van der Waals surface area (Å²) in [5.41, 5.74) is 0.837. The Bertz CT molecular complexity index is 1010. The minimum atomic E-state index is -0.703. The smallest absolute Gasteiger partial charge is 0.341 e. The van der Waals surface area contributed by atoms with Gasteiger partial charge in [0.25, 0.3) is 11.8 Å². The number of benzene rings is 1. The Kier molecular flexibility index (Phi) is 4.23. The van der Waals surface area contributed by atoms with E-state index in [1.54, 1.807) is 31.2 Å². The van der Waals surface area contributed by atoms with Crippen LogP contribution in [0.2, 0.25) is 0 Å². The van der Waals surface area contributed by atoms with Gasteiger partial charge in [-0.05, 0) is 40.9 Å². The molecular weight excluding hydrogens is 356 g/mol. The molecule has 0 N–H and O–H groups in total. The standard InChI is InChI=1S/C16H12N6O3S/c1-10(14-18-19-15(25-14)13-7-4-8-26-13)24-16(23)11-5-2-3-6-12(11)22-9-17-20-21-22/h2-10H,1H3/t10-/m1/s1. The lowest BCUT2D eigenvalue weighted by molar-refractivity contribution is 0.0280. The summed E-state index contributed by atoms with van der Waals surface area (Å²) >= 11 is 1.49. The molecule has 10 heteroatoms. The highest BCUT2D eigenvalue weighted by molar-refractivity contribution is 7.13. The van der Waals surface area contributed by atoms with Crippen molar-refractivity contribution in [2.24, 2.45) is 0 Å². The molecule has 3 aromatic heterocycles. The van der Waals surface area contributed by atoms with Gasteiger partial charge >= 0.3 is 5.97 Å². The van der Waals surface area contributed by atoms with Gasteiger partial charge in [-0.2, -0.15) is 4.68 Å². The zero-order chi connectivity index (χ0) is 17.9. The number of para-hydroxylation sites is 1. The van der Waals surface area contributed by atoms with Crippen LogP contribution in [-0.2, 0) is 4.74 Å². The molecule has 4 rings (SSSR count). The molecule has 0 amide bonds. The van der Waals surface area contributed by atoms with E-state index in [0.717, 1.165) is 4.88 Å². The van der Waals surface area contributed by atoms with Crippen molar-refractivity contribution in [1.82, 2.24) is 30.4 Å². The number of rotatable bonds is 5. The van der Waals surface area contributed by atoms with Crippen molar-refractivity contribution >= 4 is 17.3 Å². The highest BCUT2D eigenvalue weighted by Crippen LogP contribution is 2.26. The van der Waals surface area contributed by atoms with Crippen LogP contribution < -0.4 is 0 Å². The van der Waals surface area contributed by atoms with E-state index < -0.39 is 12.1 Å². The minimum Gasteiger partial charge on any atom is -0.449 e. The van der Waals surface area contributed by atoms with Crippen LogP contribution in [0.3, 0.4) is 0 Å². The molecule has 0 bridgehead atoms. The predicted octanol–water partition coefficient (Wildman–Crippen LogP) is 2.69. The molecular formula is C16H12N6O3S. The molecule has 0 saturated carbocycles. The van der Waals surface area contributed by atoms with E-state index in [4.69, 9.17) is 9.15 Å². The number of carbonyl (C=O) groups excluding carboxylic acids is 1. The van der Waals surface area contributed by atoms with Gasteiger partial charge in [0.05, 0.1) is 16.1 Å². The summed E-state index contributed by atoms with van der Waals surface area (Å²) in [5, 5.41) is 20.8. The van der Waals surface area contributed by atoms with Crippen molar-refractivity contribution in [3.8, 4) is 16.5 Å². The van der Waals surface area contributed by atoms with Crippen LogP contribution >= 0.6 is 11.3 Å². The zero-order valence-corrected chi connectivity index (χ0v) is 14.3. The summed E-state index contributed by atoms with van der Waals surface area (Å²) in [6.07, 6.45) is 0.701. The molecule has 1 atom stereocenters. The van der Waals surface area contributed by atoms with Crippen LogP contribution in [0.4, 0.5) is 0 Å². The number of tetrazole rings is 1. The predicted molar refractivity (Wildman–Crippen MR) is 90.6 cm³/mol. The molecule has 3 heterocycles. The van der Waals surface area contributed by atoms with Gasteiger partial charge in [-0.15, -0.1) is 26.6 Å². The molecule has 0 radical (unpaired) electrons. The molecule has 0 aliphatic heterocycles. The fraction of sp³-hybridized carbons (Fsp3) is 0.125. The summed E-state index contributed by atoms with van der Waals surface area (Å²) < 4.78 is 12.5.